The van der Waals surface area contributed by atoms with Gasteiger partial charge in [-0.25, -0.2) is 0 Å². The second-order valence-electron chi connectivity index (χ2n) is 5.28. The lowest BCUT2D eigenvalue weighted by molar-refractivity contribution is 0.132. The zero-order valence-electron chi connectivity index (χ0n) is 10.7. The van der Waals surface area contributed by atoms with Crippen LogP contribution in [0.1, 0.15) is 41.5 Å². The van der Waals surface area contributed by atoms with Crippen molar-refractivity contribution in [3.8, 4) is 0 Å². The predicted molar refractivity (Wildman–Crippen MR) is 69.6 cm³/mol. The number of aliphatic hydroxyl groups excluding tert-OH is 2. The molecule has 3 nitrogen and oxygen atoms in total. The van der Waals surface area contributed by atoms with Crippen LogP contribution in [0.2, 0.25) is 0 Å². The van der Waals surface area contributed by atoms with E-state index >= 15 is 0 Å². The smallest absolute Gasteiger partial charge is 0.138 e. The molecule has 1 aliphatic carbocycles. The zero-order chi connectivity index (χ0) is 12.9. The molecule has 0 saturated heterocycles. The second kappa shape index (κ2) is 4.11. The molecule has 2 aromatic rings. The Morgan fingerprint density at radius 1 is 1.44 bits per heavy atom. The molecule has 1 aromatic heterocycles. The van der Waals surface area contributed by atoms with Crippen molar-refractivity contribution in [3.63, 3.8) is 0 Å². The molecule has 0 radical (unpaired) electrons. The lowest BCUT2D eigenvalue weighted by atomic mass is 9.79. The maximum absolute atomic E-state index is 10.0. The summed E-state index contributed by atoms with van der Waals surface area (Å²) in [5.74, 6) is 0.0915. The summed E-state index contributed by atoms with van der Waals surface area (Å²) >= 11 is 0. The molecular weight excluding hydrogens is 228 g/mol. The van der Waals surface area contributed by atoms with Crippen LogP contribution in [-0.2, 0) is 13.0 Å². The van der Waals surface area contributed by atoms with Crippen molar-refractivity contribution in [1.82, 2.24) is 0 Å². The lowest BCUT2D eigenvalue weighted by Crippen LogP contribution is -2.23. The largest absolute Gasteiger partial charge is 0.464 e. The van der Waals surface area contributed by atoms with E-state index in [1.807, 2.05) is 6.92 Å². The fourth-order valence-electron chi connectivity index (χ4n) is 3.09. The van der Waals surface area contributed by atoms with Gasteiger partial charge < -0.3 is 14.6 Å². The van der Waals surface area contributed by atoms with Gasteiger partial charge in [0.15, 0.2) is 0 Å². The molecule has 0 fully saturated rings. The fraction of sp³-hybridized carbons (Fsp3) is 0.467. The Labute approximate surface area is 106 Å². The van der Waals surface area contributed by atoms with Crippen LogP contribution in [0.15, 0.2) is 16.7 Å². The van der Waals surface area contributed by atoms with Crippen molar-refractivity contribution in [2.24, 2.45) is 0 Å². The number of aliphatic hydroxyl groups is 2. The highest BCUT2D eigenvalue weighted by atomic mass is 16.3. The third kappa shape index (κ3) is 1.51. The normalized spacial score (nSPS) is 23.3. The SMILES string of the molecule is Cc1cc2c(CO)coc2c2c1CC[C@@H](O)[C@@H]2C. The van der Waals surface area contributed by atoms with E-state index in [0.717, 1.165) is 34.9 Å². The van der Waals surface area contributed by atoms with Gasteiger partial charge in [-0.3, -0.25) is 0 Å². The molecule has 1 heterocycles. The molecular formula is C15H18O3. The number of furan rings is 1. The third-order valence-electron chi connectivity index (χ3n) is 4.21. The molecule has 0 amide bonds. The van der Waals surface area contributed by atoms with Gasteiger partial charge in [0.05, 0.1) is 19.0 Å². The van der Waals surface area contributed by atoms with Crippen molar-refractivity contribution < 1.29 is 14.6 Å². The minimum atomic E-state index is -0.301. The van der Waals surface area contributed by atoms with Crippen molar-refractivity contribution in [3.05, 3.63) is 34.6 Å². The van der Waals surface area contributed by atoms with Crippen molar-refractivity contribution in [1.29, 1.82) is 0 Å². The standard InChI is InChI=1S/C15H18O3/c1-8-5-12-10(6-16)7-18-15(12)14-9(2)13(17)4-3-11(8)14/h5,7,9,13,16-17H,3-4,6H2,1-2H3/t9-,13+/m0/s1. The van der Waals surface area contributed by atoms with Gasteiger partial charge in [-0.05, 0) is 37.0 Å². The van der Waals surface area contributed by atoms with E-state index < -0.39 is 0 Å². The number of hydrogen-bond donors (Lipinski definition) is 2. The average molecular weight is 246 g/mol. The number of hydrogen-bond acceptors (Lipinski definition) is 3. The summed E-state index contributed by atoms with van der Waals surface area (Å²) in [6.45, 7) is 4.13. The topological polar surface area (TPSA) is 53.6 Å². The van der Waals surface area contributed by atoms with Crippen LogP contribution in [0.25, 0.3) is 11.0 Å². The van der Waals surface area contributed by atoms with E-state index in [0.29, 0.717) is 0 Å². The summed E-state index contributed by atoms with van der Waals surface area (Å²) in [7, 11) is 0. The first kappa shape index (κ1) is 11.8. The second-order valence-corrected chi connectivity index (χ2v) is 5.28. The summed E-state index contributed by atoms with van der Waals surface area (Å²) in [6, 6.07) is 2.09. The molecule has 2 N–H and O–H groups in total. The molecule has 96 valence electrons. The summed E-state index contributed by atoms with van der Waals surface area (Å²) in [5.41, 5.74) is 5.32. The summed E-state index contributed by atoms with van der Waals surface area (Å²) in [5, 5.41) is 20.4. The van der Waals surface area contributed by atoms with Crippen molar-refractivity contribution >= 4 is 11.0 Å². The maximum Gasteiger partial charge on any atom is 0.138 e. The first-order chi connectivity index (χ1) is 8.63. The average Bonchev–Trinajstić information content (AvgIpc) is 2.76. The molecule has 0 unspecified atom stereocenters. The Bertz CT molecular complexity index is 597. The minimum Gasteiger partial charge on any atom is -0.464 e. The number of rotatable bonds is 1. The zero-order valence-corrected chi connectivity index (χ0v) is 10.7. The molecule has 3 rings (SSSR count). The first-order valence-corrected chi connectivity index (χ1v) is 6.44. The van der Waals surface area contributed by atoms with Crippen molar-refractivity contribution in [2.75, 3.05) is 0 Å². The third-order valence-corrected chi connectivity index (χ3v) is 4.21. The molecule has 0 spiro atoms. The van der Waals surface area contributed by atoms with Gasteiger partial charge in [0, 0.05) is 22.4 Å². The highest BCUT2D eigenvalue weighted by molar-refractivity contribution is 5.86. The van der Waals surface area contributed by atoms with Crippen LogP contribution in [0, 0.1) is 6.92 Å². The first-order valence-electron chi connectivity index (χ1n) is 6.44. The number of benzene rings is 1. The van der Waals surface area contributed by atoms with Crippen molar-refractivity contribution in [2.45, 2.75) is 45.3 Å². The van der Waals surface area contributed by atoms with Crippen LogP contribution in [0.4, 0.5) is 0 Å². The molecule has 0 aliphatic heterocycles. The lowest BCUT2D eigenvalue weighted by Gasteiger charge is -2.28. The Hall–Kier alpha value is -1.32. The van der Waals surface area contributed by atoms with Crippen LogP contribution < -0.4 is 0 Å². The van der Waals surface area contributed by atoms with Gasteiger partial charge in [0.1, 0.15) is 5.58 Å². The number of fused-ring (bicyclic) bond motifs is 3. The van der Waals surface area contributed by atoms with Crippen LogP contribution in [0.5, 0.6) is 0 Å². The van der Waals surface area contributed by atoms with Gasteiger partial charge in [-0.2, -0.15) is 0 Å². The Kier molecular flexibility index (Phi) is 2.68. The van der Waals surface area contributed by atoms with Gasteiger partial charge in [-0.1, -0.05) is 6.92 Å². The Morgan fingerprint density at radius 3 is 2.94 bits per heavy atom. The molecule has 0 saturated carbocycles. The van der Waals surface area contributed by atoms with E-state index in [2.05, 4.69) is 13.0 Å². The van der Waals surface area contributed by atoms with E-state index in [4.69, 9.17) is 4.42 Å². The minimum absolute atomic E-state index is 0.0117. The van der Waals surface area contributed by atoms with E-state index in [1.54, 1.807) is 6.26 Å². The van der Waals surface area contributed by atoms with E-state index in [1.165, 1.54) is 11.1 Å². The summed E-state index contributed by atoms with van der Waals surface area (Å²) < 4.78 is 5.64. The molecule has 3 heteroatoms. The monoisotopic (exact) mass is 246 g/mol. The molecule has 2 atom stereocenters. The highest BCUT2D eigenvalue weighted by Crippen LogP contribution is 2.40. The Balaban J connectivity index is 2.34. The predicted octanol–water partition coefficient (Wildman–Crippen LogP) is 2.64. The summed E-state index contributed by atoms with van der Waals surface area (Å²) in [6.07, 6.45) is 3.04. The van der Waals surface area contributed by atoms with E-state index in [9.17, 15) is 10.2 Å². The molecule has 1 aliphatic rings. The molecule has 0 bridgehead atoms. The van der Waals surface area contributed by atoms with Crippen LogP contribution in [0.3, 0.4) is 0 Å². The van der Waals surface area contributed by atoms with E-state index in [-0.39, 0.29) is 18.6 Å². The quantitative estimate of drug-likeness (QED) is 0.813. The molecule has 1 aromatic carbocycles. The van der Waals surface area contributed by atoms with Gasteiger partial charge in [0.25, 0.3) is 0 Å². The maximum atomic E-state index is 10.0. The van der Waals surface area contributed by atoms with Crippen LogP contribution in [-0.4, -0.2) is 16.3 Å². The Morgan fingerprint density at radius 2 is 2.22 bits per heavy atom. The van der Waals surface area contributed by atoms with Gasteiger partial charge in [-0.15, -0.1) is 0 Å². The molecule has 18 heavy (non-hydrogen) atoms. The van der Waals surface area contributed by atoms with Gasteiger partial charge >= 0.3 is 0 Å². The van der Waals surface area contributed by atoms with Gasteiger partial charge in [0.2, 0.25) is 0 Å². The fourth-order valence-corrected chi connectivity index (χ4v) is 3.09. The summed E-state index contributed by atoms with van der Waals surface area (Å²) in [4.78, 5) is 0. The number of aryl methyl sites for hydroxylation is 1. The van der Waals surface area contributed by atoms with Crippen LogP contribution >= 0.6 is 0 Å². The highest BCUT2D eigenvalue weighted by Gasteiger charge is 2.29.